The molecule has 3 rings (SSSR count). The molecule has 1 aliphatic rings. The normalized spacial score (nSPS) is 16.2. The minimum absolute atomic E-state index is 0.127. The molecule has 1 aliphatic heterocycles. The number of halogens is 1. The summed E-state index contributed by atoms with van der Waals surface area (Å²) in [6, 6.07) is 4.41. The molecule has 0 radical (unpaired) electrons. The molecule has 10 heteroatoms. The quantitative estimate of drug-likeness (QED) is 0.486. The van der Waals surface area contributed by atoms with Gasteiger partial charge in [-0.25, -0.2) is 18.4 Å². The van der Waals surface area contributed by atoms with Crippen molar-refractivity contribution in [1.29, 1.82) is 0 Å². The second kappa shape index (κ2) is 9.85. The second-order valence-corrected chi connectivity index (χ2v) is 11.3. The lowest BCUT2D eigenvalue weighted by Gasteiger charge is -2.26. The van der Waals surface area contributed by atoms with Gasteiger partial charge in [0.2, 0.25) is 15.9 Å². The highest BCUT2D eigenvalue weighted by Crippen LogP contribution is 2.29. The molecule has 1 aromatic heterocycles. The van der Waals surface area contributed by atoms with Gasteiger partial charge in [-0.1, -0.05) is 29.8 Å². The van der Waals surface area contributed by atoms with Gasteiger partial charge in [0.1, 0.15) is 0 Å². The number of hydrogen-bond acceptors (Lipinski definition) is 6. The molecule has 7 nitrogen and oxygen atoms in total. The highest BCUT2D eigenvalue weighted by atomic mass is 35.5. The first-order valence-electron chi connectivity index (χ1n) is 10.2. The number of sulfonamides is 1. The van der Waals surface area contributed by atoms with Crippen molar-refractivity contribution in [2.45, 2.75) is 62.3 Å². The number of carbonyl (C=O) groups is 1. The minimum atomic E-state index is -3.62. The van der Waals surface area contributed by atoms with Gasteiger partial charge >= 0.3 is 0 Å². The van der Waals surface area contributed by atoms with Crippen LogP contribution in [0.25, 0.3) is 0 Å². The summed E-state index contributed by atoms with van der Waals surface area (Å²) < 4.78 is 27.4. The number of thioether (sulfide) groups is 1. The predicted molar refractivity (Wildman–Crippen MR) is 124 cm³/mol. The van der Waals surface area contributed by atoms with Crippen LogP contribution in [0.1, 0.15) is 43.1 Å². The monoisotopic (exact) mass is 482 g/mol. The molecule has 0 aliphatic carbocycles. The van der Waals surface area contributed by atoms with Gasteiger partial charge in [-0.2, -0.15) is 4.31 Å². The number of hydrogen-bond donors (Lipinski definition) is 1. The fraction of sp³-hybridized carbons (Fsp3) is 0.476. The van der Waals surface area contributed by atoms with Crippen molar-refractivity contribution in [2.75, 3.05) is 18.4 Å². The molecule has 1 atom stereocenters. The highest BCUT2D eigenvalue weighted by Gasteiger charge is 2.27. The average molecular weight is 483 g/mol. The first-order chi connectivity index (χ1) is 14.6. The van der Waals surface area contributed by atoms with Crippen LogP contribution in [0.4, 0.5) is 5.69 Å². The van der Waals surface area contributed by atoms with Gasteiger partial charge in [0.05, 0.1) is 20.9 Å². The zero-order valence-corrected chi connectivity index (χ0v) is 20.5. The summed E-state index contributed by atoms with van der Waals surface area (Å²) in [4.78, 5) is 21.8. The van der Waals surface area contributed by atoms with Crippen LogP contribution in [0, 0.1) is 20.8 Å². The van der Waals surface area contributed by atoms with Gasteiger partial charge in [0.15, 0.2) is 5.16 Å². The smallest absolute Gasteiger partial charge is 0.243 e. The molecular weight excluding hydrogens is 456 g/mol. The Kier molecular flexibility index (Phi) is 7.62. The summed E-state index contributed by atoms with van der Waals surface area (Å²) >= 11 is 7.49. The van der Waals surface area contributed by atoms with Crippen molar-refractivity contribution in [2.24, 2.45) is 0 Å². The first-order valence-corrected chi connectivity index (χ1v) is 12.9. The number of nitrogens with zero attached hydrogens (tertiary/aromatic N) is 3. The molecular formula is C21H27ClN4O3S2. The molecule has 2 heterocycles. The van der Waals surface area contributed by atoms with Crippen molar-refractivity contribution >= 4 is 45.0 Å². The van der Waals surface area contributed by atoms with Crippen molar-refractivity contribution < 1.29 is 13.2 Å². The molecule has 168 valence electrons. The van der Waals surface area contributed by atoms with E-state index in [2.05, 4.69) is 15.3 Å². The third-order valence-electron chi connectivity index (χ3n) is 5.41. The molecule has 0 bridgehead atoms. The molecule has 1 fully saturated rings. The Bertz CT molecular complexity index is 1060. The van der Waals surface area contributed by atoms with Gasteiger partial charge in [0.25, 0.3) is 0 Å². The molecule has 2 aromatic rings. The highest BCUT2D eigenvalue weighted by molar-refractivity contribution is 8.00. The van der Waals surface area contributed by atoms with E-state index < -0.39 is 15.3 Å². The number of carbonyl (C=O) groups excluding carboxylic acids is 1. The zero-order chi connectivity index (χ0) is 22.8. The van der Waals surface area contributed by atoms with Crippen LogP contribution in [0.15, 0.2) is 28.3 Å². The van der Waals surface area contributed by atoms with Crippen molar-refractivity contribution in [3.63, 3.8) is 0 Å². The first kappa shape index (κ1) is 24.0. The zero-order valence-electron chi connectivity index (χ0n) is 18.1. The average Bonchev–Trinajstić information content (AvgIpc) is 2.74. The Morgan fingerprint density at radius 1 is 1.13 bits per heavy atom. The molecule has 0 spiro atoms. The largest absolute Gasteiger partial charge is 0.324 e. The summed E-state index contributed by atoms with van der Waals surface area (Å²) in [6.07, 6.45) is 2.74. The van der Waals surface area contributed by atoms with Gasteiger partial charge in [-0.15, -0.1) is 0 Å². The number of aryl methyl sites for hydroxylation is 2. The maximum Gasteiger partial charge on any atom is 0.243 e. The summed E-state index contributed by atoms with van der Waals surface area (Å²) in [5.41, 5.74) is 3.05. The van der Waals surface area contributed by atoms with E-state index in [1.54, 1.807) is 6.92 Å². The van der Waals surface area contributed by atoms with Crippen LogP contribution in [0.2, 0.25) is 5.02 Å². The van der Waals surface area contributed by atoms with E-state index in [-0.39, 0.29) is 21.5 Å². The summed E-state index contributed by atoms with van der Waals surface area (Å²) in [5, 5.41) is 3.06. The summed E-state index contributed by atoms with van der Waals surface area (Å²) in [7, 11) is -3.62. The molecule has 1 saturated heterocycles. The van der Waals surface area contributed by atoms with Gasteiger partial charge in [0, 0.05) is 24.5 Å². The Labute approximate surface area is 193 Å². The standard InChI is InChI=1S/C21H27ClN4O3S2/c1-13-14(2)23-21(24-15(13)3)30-16(4)20(27)25-19-12-17(8-9-18(19)22)31(28,29)26-10-6-5-7-11-26/h8-9,12,16H,5-7,10-11H2,1-4H3,(H,25,27). The SMILES string of the molecule is Cc1nc(SC(C)C(=O)Nc2cc(S(=O)(=O)N3CCCCC3)ccc2Cl)nc(C)c1C. The second-order valence-electron chi connectivity index (χ2n) is 7.66. The number of aromatic nitrogens is 2. The van der Waals surface area contributed by atoms with E-state index >= 15 is 0 Å². The van der Waals surface area contributed by atoms with E-state index in [4.69, 9.17) is 11.6 Å². The number of nitrogens with one attached hydrogen (secondary N) is 1. The molecule has 1 amide bonds. The Balaban J connectivity index is 1.75. The lowest BCUT2D eigenvalue weighted by molar-refractivity contribution is -0.115. The maximum atomic E-state index is 13.0. The molecule has 31 heavy (non-hydrogen) atoms. The van der Waals surface area contributed by atoms with Crippen LogP contribution in [-0.2, 0) is 14.8 Å². The lowest BCUT2D eigenvalue weighted by atomic mass is 10.2. The van der Waals surface area contributed by atoms with Crippen molar-refractivity contribution in [3.05, 3.63) is 40.2 Å². The lowest BCUT2D eigenvalue weighted by Crippen LogP contribution is -2.35. The van der Waals surface area contributed by atoms with Crippen LogP contribution in [0.3, 0.4) is 0 Å². The minimum Gasteiger partial charge on any atom is -0.324 e. The molecule has 1 N–H and O–H groups in total. The number of piperidine rings is 1. The van der Waals surface area contributed by atoms with Crippen LogP contribution in [-0.4, -0.2) is 46.9 Å². The third kappa shape index (κ3) is 5.58. The predicted octanol–water partition coefficient (Wildman–Crippen LogP) is 4.35. The molecule has 1 unspecified atom stereocenters. The number of anilines is 1. The van der Waals surface area contributed by atoms with Gasteiger partial charge in [-0.3, -0.25) is 4.79 Å². The van der Waals surface area contributed by atoms with E-state index in [9.17, 15) is 13.2 Å². The van der Waals surface area contributed by atoms with Crippen molar-refractivity contribution in [1.82, 2.24) is 14.3 Å². The van der Waals surface area contributed by atoms with Crippen LogP contribution < -0.4 is 5.32 Å². The van der Waals surface area contributed by atoms with Crippen LogP contribution in [0.5, 0.6) is 0 Å². The van der Waals surface area contributed by atoms with E-state index in [1.807, 2.05) is 20.8 Å². The van der Waals surface area contributed by atoms with E-state index in [1.165, 1.54) is 34.3 Å². The molecule has 0 saturated carbocycles. The Morgan fingerprint density at radius 3 is 2.35 bits per heavy atom. The summed E-state index contributed by atoms with van der Waals surface area (Å²) in [5.74, 6) is -0.307. The topological polar surface area (TPSA) is 92.3 Å². The van der Waals surface area contributed by atoms with Gasteiger partial charge in [-0.05, 0) is 64.3 Å². The van der Waals surface area contributed by atoms with Gasteiger partial charge < -0.3 is 5.32 Å². The fourth-order valence-corrected chi connectivity index (χ4v) is 5.83. The number of amides is 1. The summed E-state index contributed by atoms with van der Waals surface area (Å²) in [6.45, 7) is 8.55. The maximum absolute atomic E-state index is 13.0. The number of rotatable bonds is 6. The van der Waals surface area contributed by atoms with E-state index in [0.717, 1.165) is 36.2 Å². The Hall–Kier alpha value is -1.68. The van der Waals surface area contributed by atoms with Crippen molar-refractivity contribution in [3.8, 4) is 0 Å². The van der Waals surface area contributed by atoms with Crippen LogP contribution >= 0.6 is 23.4 Å². The fourth-order valence-electron chi connectivity index (χ4n) is 3.26. The third-order valence-corrected chi connectivity index (χ3v) is 8.60. The van der Waals surface area contributed by atoms with E-state index in [0.29, 0.717) is 18.2 Å². The Morgan fingerprint density at radius 2 is 1.74 bits per heavy atom. The number of benzene rings is 1. The molecule has 1 aromatic carbocycles.